The van der Waals surface area contributed by atoms with E-state index in [0.29, 0.717) is 11.2 Å². The van der Waals surface area contributed by atoms with Crippen LogP contribution in [0.2, 0.25) is 0 Å². The van der Waals surface area contributed by atoms with E-state index >= 15 is 0 Å². The maximum Gasteiger partial charge on any atom is 0.417 e. The fourth-order valence-corrected chi connectivity index (χ4v) is 4.21. The van der Waals surface area contributed by atoms with Gasteiger partial charge in [-0.05, 0) is 54.5 Å². The number of hydrogen-bond acceptors (Lipinski definition) is 6. The predicted octanol–water partition coefficient (Wildman–Crippen LogP) is 6.63. The van der Waals surface area contributed by atoms with Crippen LogP contribution in [0.15, 0.2) is 97.5 Å². The van der Waals surface area contributed by atoms with Crippen molar-refractivity contribution < 1.29 is 17.9 Å². The van der Waals surface area contributed by atoms with Gasteiger partial charge in [-0.25, -0.2) is 19.9 Å². The first kappa shape index (κ1) is 24.9. The normalized spacial score (nSPS) is 11.3. The first-order chi connectivity index (χ1) is 19.5. The van der Waals surface area contributed by atoms with Crippen LogP contribution in [0.4, 0.5) is 13.2 Å². The van der Waals surface area contributed by atoms with Crippen LogP contribution in [0.5, 0.6) is 5.88 Å². The first-order valence-corrected chi connectivity index (χ1v) is 12.2. The van der Waals surface area contributed by atoms with Crippen molar-refractivity contribution in [3.63, 3.8) is 0 Å². The number of para-hydroxylation sites is 1. The Kier molecular flexibility index (Phi) is 6.50. The van der Waals surface area contributed by atoms with Gasteiger partial charge in [-0.15, -0.1) is 0 Å². The topological polar surface area (TPSA) is 73.7 Å². The van der Waals surface area contributed by atoms with Crippen molar-refractivity contribution >= 4 is 22.1 Å². The summed E-state index contributed by atoms with van der Waals surface area (Å²) in [6.45, 7) is 0.0926. The Morgan fingerprint density at radius 2 is 1.52 bits per heavy atom. The van der Waals surface area contributed by atoms with Crippen molar-refractivity contribution in [1.29, 1.82) is 0 Å². The first-order valence-electron chi connectivity index (χ1n) is 12.2. The number of alkyl halides is 3. The Balaban J connectivity index is 1.41. The van der Waals surface area contributed by atoms with Gasteiger partial charge in [-0.1, -0.05) is 36.3 Å². The zero-order chi connectivity index (χ0) is 27.5. The van der Waals surface area contributed by atoms with Gasteiger partial charge in [0.1, 0.15) is 12.1 Å². The van der Waals surface area contributed by atoms with E-state index in [1.807, 2.05) is 42.5 Å². The monoisotopic (exact) mass is 533 g/mol. The number of aromatic nitrogens is 5. The summed E-state index contributed by atoms with van der Waals surface area (Å²) in [5.41, 5.74) is 3.12. The van der Waals surface area contributed by atoms with E-state index in [4.69, 9.17) is 9.72 Å². The Hall–Kier alpha value is -5.36. The molecule has 0 N–H and O–H groups in total. The van der Waals surface area contributed by atoms with E-state index < -0.39 is 11.7 Å². The van der Waals surface area contributed by atoms with Crippen molar-refractivity contribution in [3.05, 3.63) is 120 Å². The molecule has 6 rings (SSSR count). The third-order valence-corrected chi connectivity index (χ3v) is 6.10. The Morgan fingerprint density at radius 3 is 2.38 bits per heavy atom. The zero-order valence-electron chi connectivity index (χ0n) is 20.7. The summed E-state index contributed by atoms with van der Waals surface area (Å²) in [7, 11) is 0. The second-order valence-electron chi connectivity index (χ2n) is 8.73. The molecule has 9 heteroatoms. The minimum Gasteiger partial charge on any atom is -0.471 e. The van der Waals surface area contributed by atoms with E-state index in [1.165, 1.54) is 18.2 Å². The quantitative estimate of drug-likeness (QED) is 0.237. The molecule has 0 aliphatic heterocycles. The molecule has 0 radical (unpaired) electrons. The lowest BCUT2D eigenvalue weighted by molar-refractivity contribution is -0.137. The molecule has 0 saturated heterocycles. The Labute approximate surface area is 226 Å². The molecule has 0 unspecified atom stereocenters. The lowest BCUT2D eigenvalue weighted by Gasteiger charge is -2.12. The van der Waals surface area contributed by atoms with Crippen molar-refractivity contribution in [2.75, 3.05) is 0 Å². The highest BCUT2D eigenvalue weighted by molar-refractivity contribution is 5.85. The average molecular weight is 534 g/mol. The predicted molar refractivity (Wildman–Crippen MR) is 144 cm³/mol. The molecule has 4 heterocycles. The van der Waals surface area contributed by atoms with Crippen LogP contribution in [-0.2, 0) is 12.8 Å². The van der Waals surface area contributed by atoms with Gasteiger partial charge in [0.15, 0.2) is 11.3 Å². The zero-order valence-corrected chi connectivity index (χ0v) is 20.7. The van der Waals surface area contributed by atoms with E-state index in [0.717, 1.165) is 33.8 Å². The molecule has 6 nitrogen and oxygen atoms in total. The third kappa shape index (κ3) is 5.15. The van der Waals surface area contributed by atoms with E-state index in [9.17, 15) is 13.2 Å². The van der Waals surface area contributed by atoms with Gasteiger partial charge in [0, 0.05) is 40.7 Å². The SMILES string of the molecule is FC(F)(F)c1ccccc1C#Cc1nc2ncccc2nc1OCc1cc(-c2ccncc2)nc2ccccc12. The van der Waals surface area contributed by atoms with Gasteiger partial charge in [0.2, 0.25) is 5.88 Å². The van der Waals surface area contributed by atoms with Crippen molar-refractivity contribution in [3.8, 4) is 29.0 Å². The average Bonchev–Trinajstić information content (AvgIpc) is 2.98. The number of ether oxygens (including phenoxy) is 1. The Bertz CT molecular complexity index is 1910. The summed E-state index contributed by atoms with van der Waals surface area (Å²) in [6, 6.07) is 21.9. The molecule has 4 aromatic heterocycles. The fourth-order valence-electron chi connectivity index (χ4n) is 4.21. The number of halogens is 3. The molecule has 0 aliphatic carbocycles. The highest BCUT2D eigenvalue weighted by Gasteiger charge is 2.32. The molecule has 0 aliphatic rings. The van der Waals surface area contributed by atoms with Crippen molar-refractivity contribution in [2.24, 2.45) is 0 Å². The number of benzene rings is 2. The lowest BCUT2D eigenvalue weighted by atomic mass is 10.1. The molecular formula is C31H18F3N5O. The minimum absolute atomic E-state index is 0.0795. The minimum atomic E-state index is -4.55. The van der Waals surface area contributed by atoms with E-state index in [-0.39, 0.29) is 23.7 Å². The lowest BCUT2D eigenvalue weighted by Crippen LogP contribution is -2.07. The highest BCUT2D eigenvalue weighted by atomic mass is 19.4. The molecule has 0 saturated carbocycles. The van der Waals surface area contributed by atoms with E-state index in [1.54, 1.807) is 30.7 Å². The van der Waals surface area contributed by atoms with Crippen LogP contribution in [0, 0.1) is 11.8 Å². The number of fused-ring (bicyclic) bond motifs is 2. The summed E-state index contributed by atoms with van der Waals surface area (Å²) in [4.78, 5) is 22.0. The summed E-state index contributed by atoms with van der Waals surface area (Å²) in [5.74, 6) is 5.43. The van der Waals surface area contributed by atoms with Crippen LogP contribution in [-0.4, -0.2) is 24.9 Å². The molecule has 0 amide bonds. The molecule has 2 aromatic carbocycles. The van der Waals surface area contributed by atoms with Crippen LogP contribution in [0.25, 0.3) is 33.3 Å². The second kappa shape index (κ2) is 10.4. The number of pyridine rings is 3. The van der Waals surface area contributed by atoms with Gasteiger partial charge in [0.25, 0.3) is 0 Å². The molecule has 6 aromatic rings. The largest absolute Gasteiger partial charge is 0.471 e. The number of hydrogen-bond donors (Lipinski definition) is 0. The molecule has 0 atom stereocenters. The molecule has 0 fully saturated rings. The standard InChI is InChI=1S/C31H18F3N5O/c32-31(33,34)24-8-3-1-6-20(24)11-12-27-30(39-26-10-5-15-36-29(26)38-27)40-19-22-18-28(21-13-16-35-17-14-21)37-25-9-4-2-7-23(22)25/h1-10,13-18H,19H2. The van der Waals surface area contributed by atoms with Gasteiger partial charge in [-0.2, -0.15) is 13.2 Å². The summed E-state index contributed by atoms with van der Waals surface area (Å²) >= 11 is 0. The molecule has 194 valence electrons. The smallest absolute Gasteiger partial charge is 0.417 e. The molecule has 40 heavy (non-hydrogen) atoms. The van der Waals surface area contributed by atoms with Crippen LogP contribution in [0.1, 0.15) is 22.4 Å². The van der Waals surface area contributed by atoms with Gasteiger partial charge < -0.3 is 4.74 Å². The van der Waals surface area contributed by atoms with Crippen molar-refractivity contribution in [2.45, 2.75) is 12.8 Å². The van der Waals surface area contributed by atoms with Crippen molar-refractivity contribution in [1.82, 2.24) is 24.9 Å². The number of rotatable bonds is 4. The number of nitrogens with zero attached hydrogens (tertiary/aromatic N) is 5. The maximum atomic E-state index is 13.5. The highest BCUT2D eigenvalue weighted by Crippen LogP contribution is 2.32. The van der Waals surface area contributed by atoms with Crippen LogP contribution < -0.4 is 4.74 Å². The van der Waals surface area contributed by atoms with Crippen LogP contribution in [0.3, 0.4) is 0 Å². The summed E-state index contributed by atoms with van der Waals surface area (Å²) < 4.78 is 46.7. The fraction of sp³-hybridized carbons (Fsp3) is 0.0645. The Morgan fingerprint density at radius 1 is 0.750 bits per heavy atom. The van der Waals surface area contributed by atoms with Gasteiger partial charge in [0.05, 0.1) is 16.8 Å². The molecule has 0 spiro atoms. The molecular weight excluding hydrogens is 515 g/mol. The van der Waals surface area contributed by atoms with Crippen LogP contribution >= 0.6 is 0 Å². The summed E-state index contributed by atoms with van der Waals surface area (Å²) in [5, 5.41) is 0.891. The summed E-state index contributed by atoms with van der Waals surface area (Å²) in [6.07, 6.45) is 0.402. The molecule has 0 bridgehead atoms. The van der Waals surface area contributed by atoms with E-state index in [2.05, 4.69) is 31.8 Å². The van der Waals surface area contributed by atoms with Gasteiger partial charge in [-0.3, -0.25) is 4.98 Å². The maximum absolute atomic E-state index is 13.5. The third-order valence-electron chi connectivity index (χ3n) is 6.10. The second-order valence-corrected chi connectivity index (χ2v) is 8.73. The van der Waals surface area contributed by atoms with Gasteiger partial charge >= 0.3 is 6.18 Å².